The molecule has 3 nitrogen and oxygen atoms in total. The topological polar surface area (TPSA) is 49.5 Å². The van der Waals surface area contributed by atoms with E-state index in [1.165, 1.54) is 17.5 Å². The van der Waals surface area contributed by atoms with Gasteiger partial charge in [0.15, 0.2) is 0 Å². The first-order valence-corrected chi connectivity index (χ1v) is 7.34. The summed E-state index contributed by atoms with van der Waals surface area (Å²) in [7, 11) is 0. The molecule has 0 aliphatic carbocycles. The molecule has 0 bridgehead atoms. The third kappa shape index (κ3) is 4.30. The molecule has 1 aromatic carbocycles. The Morgan fingerprint density at radius 3 is 3.05 bits per heavy atom. The summed E-state index contributed by atoms with van der Waals surface area (Å²) in [5.41, 5.74) is 8.79. The first-order valence-electron chi connectivity index (χ1n) is 7.34. The van der Waals surface area contributed by atoms with Crippen LogP contribution < -0.4 is 5.73 Å². The Labute approximate surface area is 116 Å². The van der Waals surface area contributed by atoms with Crippen LogP contribution in [0.1, 0.15) is 36.4 Å². The molecule has 1 saturated heterocycles. The van der Waals surface area contributed by atoms with E-state index >= 15 is 0 Å². The summed E-state index contributed by atoms with van der Waals surface area (Å²) in [6.07, 6.45) is 3.18. The standard InChI is InChI=1S/C16H26N2O/c1-13-3-2-4-15(11-13)16(17)6-9-18-8-5-14(12-18)7-10-19/h2-4,11,14,16,19H,5-10,12,17H2,1H3. The minimum atomic E-state index is 0.136. The number of nitrogens with two attached hydrogens (primary N) is 1. The molecule has 106 valence electrons. The Morgan fingerprint density at radius 2 is 2.32 bits per heavy atom. The largest absolute Gasteiger partial charge is 0.396 e. The van der Waals surface area contributed by atoms with Crippen LogP contribution in [-0.4, -0.2) is 36.2 Å². The number of aryl methyl sites for hydroxylation is 1. The third-order valence-electron chi connectivity index (χ3n) is 4.13. The van der Waals surface area contributed by atoms with E-state index in [4.69, 9.17) is 10.8 Å². The van der Waals surface area contributed by atoms with Gasteiger partial charge in [-0.05, 0) is 50.8 Å². The number of benzene rings is 1. The molecule has 0 saturated carbocycles. The molecular weight excluding hydrogens is 236 g/mol. The monoisotopic (exact) mass is 262 g/mol. The van der Waals surface area contributed by atoms with Gasteiger partial charge in [0.2, 0.25) is 0 Å². The van der Waals surface area contributed by atoms with Gasteiger partial charge in [0.05, 0.1) is 0 Å². The van der Waals surface area contributed by atoms with E-state index in [2.05, 4.69) is 36.1 Å². The number of likely N-dealkylation sites (tertiary alicyclic amines) is 1. The maximum Gasteiger partial charge on any atom is 0.0434 e. The Balaban J connectivity index is 1.76. The van der Waals surface area contributed by atoms with Crippen LogP contribution in [0.4, 0.5) is 0 Å². The fourth-order valence-corrected chi connectivity index (χ4v) is 2.92. The number of hydrogen-bond donors (Lipinski definition) is 2. The second kappa shape index (κ2) is 7.04. The number of rotatable bonds is 6. The minimum absolute atomic E-state index is 0.136. The second-order valence-electron chi connectivity index (χ2n) is 5.78. The van der Waals surface area contributed by atoms with Crippen molar-refractivity contribution in [3.63, 3.8) is 0 Å². The van der Waals surface area contributed by atoms with E-state index < -0.39 is 0 Å². The molecule has 1 fully saturated rings. The molecule has 1 aliphatic heterocycles. The van der Waals surface area contributed by atoms with Gasteiger partial charge in [-0.15, -0.1) is 0 Å². The average molecular weight is 262 g/mol. The van der Waals surface area contributed by atoms with Crippen LogP contribution in [0.25, 0.3) is 0 Å². The number of hydrogen-bond acceptors (Lipinski definition) is 3. The number of aliphatic hydroxyl groups excluding tert-OH is 1. The molecule has 0 spiro atoms. The first kappa shape index (κ1) is 14.5. The molecule has 2 atom stereocenters. The number of aliphatic hydroxyl groups is 1. The highest BCUT2D eigenvalue weighted by Crippen LogP contribution is 2.21. The lowest BCUT2D eigenvalue weighted by molar-refractivity contribution is 0.249. The third-order valence-corrected chi connectivity index (χ3v) is 4.13. The van der Waals surface area contributed by atoms with Crippen molar-refractivity contribution in [2.45, 2.75) is 32.2 Å². The molecule has 1 heterocycles. The quantitative estimate of drug-likeness (QED) is 0.825. The average Bonchev–Trinajstić information content (AvgIpc) is 2.84. The zero-order valence-electron chi connectivity index (χ0n) is 11.9. The van der Waals surface area contributed by atoms with Gasteiger partial charge in [0.25, 0.3) is 0 Å². The second-order valence-corrected chi connectivity index (χ2v) is 5.78. The smallest absolute Gasteiger partial charge is 0.0434 e. The Bertz CT molecular complexity index is 394. The molecule has 0 amide bonds. The van der Waals surface area contributed by atoms with Crippen LogP contribution in [0.5, 0.6) is 0 Å². The number of nitrogens with zero attached hydrogens (tertiary/aromatic N) is 1. The van der Waals surface area contributed by atoms with Crippen molar-refractivity contribution in [3.05, 3.63) is 35.4 Å². The van der Waals surface area contributed by atoms with Gasteiger partial charge in [-0.2, -0.15) is 0 Å². The first-order chi connectivity index (χ1) is 9.19. The lowest BCUT2D eigenvalue weighted by atomic mass is 10.0. The van der Waals surface area contributed by atoms with E-state index in [-0.39, 0.29) is 6.04 Å². The molecule has 1 aromatic rings. The molecule has 0 aromatic heterocycles. The zero-order chi connectivity index (χ0) is 13.7. The van der Waals surface area contributed by atoms with Crippen LogP contribution in [-0.2, 0) is 0 Å². The van der Waals surface area contributed by atoms with Crippen LogP contribution in [0.15, 0.2) is 24.3 Å². The summed E-state index contributed by atoms with van der Waals surface area (Å²) < 4.78 is 0. The highest BCUT2D eigenvalue weighted by molar-refractivity contribution is 5.24. The Morgan fingerprint density at radius 1 is 1.47 bits per heavy atom. The summed E-state index contributed by atoms with van der Waals surface area (Å²) >= 11 is 0. The van der Waals surface area contributed by atoms with E-state index in [1.807, 2.05) is 0 Å². The van der Waals surface area contributed by atoms with Crippen molar-refractivity contribution in [2.75, 3.05) is 26.2 Å². The van der Waals surface area contributed by atoms with E-state index in [0.29, 0.717) is 12.5 Å². The predicted molar refractivity (Wildman–Crippen MR) is 79.0 cm³/mol. The predicted octanol–water partition coefficient (Wildman–Crippen LogP) is 2.09. The van der Waals surface area contributed by atoms with Crippen molar-refractivity contribution in [3.8, 4) is 0 Å². The van der Waals surface area contributed by atoms with Gasteiger partial charge in [0.1, 0.15) is 0 Å². The lowest BCUT2D eigenvalue weighted by Gasteiger charge is -2.19. The van der Waals surface area contributed by atoms with Gasteiger partial charge in [-0.25, -0.2) is 0 Å². The van der Waals surface area contributed by atoms with E-state index in [1.54, 1.807) is 0 Å². The molecular formula is C16H26N2O. The van der Waals surface area contributed by atoms with E-state index in [9.17, 15) is 0 Å². The van der Waals surface area contributed by atoms with Crippen LogP contribution in [0.2, 0.25) is 0 Å². The minimum Gasteiger partial charge on any atom is -0.396 e. The van der Waals surface area contributed by atoms with Crippen LogP contribution >= 0.6 is 0 Å². The van der Waals surface area contributed by atoms with Gasteiger partial charge >= 0.3 is 0 Å². The zero-order valence-corrected chi connectivity index (χ0v) is 11.9. The highest BCUT2D eigenvalue weighted by atomic mass is 16.3. The fraction of sp³-hybridized carbons (Fsp3) is 0.625. The van der Waals surface area contributed by atoms with Gasteiger partial charge < -0.3 is 15.7 Å². The van der Waals surface area contributed by atoms with Gasteiger partial charge in [-0.1, -0.05) is 29.8 Å². The summed E-state index contributed by atoms with van der Waals surface area (Å²) in [4.78, 5) is 2.48. The van der Waals surface area contributed by atoms with E-state index in [0.717, 1.165) is 32.5 Å². The Hall–Kier alpha value is -0.900. The molecule has 2 unspecified atom stereocenters. The molecule has 0 radical (unpaired) electrons. The maximum atomic E-state index is 8.97. The summed E-state index contributed by atoms with van der Waals surface area (Å²) in [5.74, 6) is 0.681. The van der Waals surface area contributed by atoms with Gasteiger partial charge in [0, 0.05) is 19.2 Å². The molecule has 19 heavy (non-hydrogen) atoms. The molecule has 3 N–H and O–H groups in total. The summed E-state index contributed by atoms with van der Waals surface area (Å²) in [6, 6.07) is 8.63. The van der Waals surface area contributed by atoms with Crippen LogP contribution in [0.3, 0.4) is 0 Å². The normalized spacial score (nSPS) is 21.7. The molecule has 2 rings (SSSR count). The summed E-state index contributed by atoms with van der Waals surface area (Å²) in [6.45, 7) is 5.78. The fourth-order valence-electron chi connectivity index (χ4n) is 2.92. The SMILES string of the molecule is Cc1cccc(C(N)CCN2CCC(CCO)C2)c1. The Kier molecular flexibility index (Phi) is 5.37. The summed E-state index contributed by atoms with van der Waals surface area (Å²) in [5, 5.41) is 8.97. The van der Waals surface area contributed by atoms with Gasteiger partial charge in [-0.3, -0.25) is 0 Å². The lowest BCUT2D eigenvalue weighted by Crippen LogP contribution is -2.25. The van der Waals surface area contributed by atoms with Crippen molar-refractivity contribution >= 4 is 0 Å². The van der Waals surface area contributed by atoms with Crippen LogP contribution in [0, 0.1) is 12.8 Å². The maximum absolute atomic E-state index is 8.97. The van der Waals surface area contributed by atoms with Crippen molar-refractivity contribution in [2.24, 2.45) is 11.7 Å². The molecule has 3 heteroatoms. The molecule has 1 aliphatic rings. The highest BCUT2D eigenvalue weighted by Gasteiger charge is 2.22. The van der Waals surface area contributed by atoms with Crippen molar-refractivity contribution in [1.82, 2.24) is 4.90 Å². The van der Waals surface area contributed by atoms with Crippen molar-refractivity contribution in [1.29, 1.82) is 0 Å². The van der Waals surface area contributed by atoms with Crippen molar-refractivity contribution < 1.29 is 5.11 Å².